The van der Waals surface area contributed by atoms with E-state index in [1.165, 1.54) is 64.2 Å². The van der Waals surface area contributed by atoms with Gasteiger partial charge in [0.25, 0.3) is 0 Å². The third-order valence-corrected chi connectivity index (χ3v) is 6.15. The van der Waals surface area contributed by atoms with E-state index in [9.17, 15) is 14.7 Å². The summed E-state index contributed by atoms with van der Waals surface area (Å²) in [6, 6.07) is 0. The number of hydrogen-bond donors (Lipinski definition) is 2. The molecule has 2 unspecified atom stereocenters. The molecular weight excluding hydrogens is 364 g/mol. The predicted molar refractivity (Wildman–Crippen MR) is 121 cm³/mol. The highest BCUT2D eigenvalue weighted by Crippen LogP contribution is 2.30. The monoisotopic (exact) mass is 412 g/mol. The van der Waals surface area contributed by atoms with Gasteiger partial charge in [-0.05, 0) is 31.6 Å². The molecule has 0 rings (SSSR count). The first-order valence-electron chi connectivity index (χ1n) is 12.5. The molecule has 172 valence electrons. The Kier molecular flexibility index (Phi) is 19.5. The highest BCUT2D eigenvalue weighted by Gasteiger charge is 2.27. The van der Waals surface area contributed by atoms with Crippen LogP contribution in [-0.4, -0.2) is 22.2 Å². The van der Waals surface area contributed by atoms with Crippen molar-refractivity contribution in [1.29, 1.82) is 0 Å². The van der Waals surface area contributed by atoms with E-state index in [0.29, 0.717) is 6.42 Å². The Morgan fingerprint density at radius 2 is 1.00 bits per heavy atom. The second kappa shape index (κ2) is 20.2. The van der Waals surface area contributed by atoms with Crippen LogP contribution < -0.4 is 0 Å². The zero-order chi connectivity index (χ0) is 21.7. The lowest BCUT2D eigenvalue weighted by molar-refractivity contribution is -0.144. The Balaban J connectivity index is 4.31. The van der Waals surface area contributed by atoms with Crippen LogP contribution in [0.2, 0.25) is 0 Å². The molecule has 0 aromatic heterocycles. The topological polar surface area (TPSA) is 74.6 Å². The fourth-order valence-corrected chi connectivity index (χ4v) is 4.31. The van der Waals surface area contributed by atoms with E-state index in [-0.39, 0.29) is 18.3 Å². The number of rotatable bonds is 22. The highest BCUT2D eigenvalue weighted by atomic mass is 16.4. The second-order valence-electron chi connectivity index (χ2n) is 8.81. The summed E-state index contributed by atoms with van der Waals surface area (Å²) in [4.78, 5) is 22.8. The van der Waals surface area contributed by atoms with Crippen molar-refractivity contribution in [3.8, 4) is 0 Å². The molecule has 0 fully saturated rings. The Labute approximate surface area is 179 Å². The second-order valence-corrected chi connectivity index (χ2v) is 8.81. The van der Waals surface area contributed by atoms with Gasteiger partial charge >= 0.3 is 11.9 Å². The van der Waals surface area contributed by atoms with Crippen molar-refractivity contribution in [3.05, 3.63) is 0 Å². The van der Waals surface area contributed by atoms with E-state index in [1.807, 2.05) is 0 Å². The van der Waals surface area contributed by atoms with E-state index in [0.717, 1.165) is 44.9 Å². The van der Waals surface area contributed by atoms with Gasteiger partial charge in [0, 0.05) is 6.42 Å². The maximum Gasteiger partial charge on any atom is 0.306 e. The van der Waals surface area contributed by atoms with Crippen molar-refractivity contribution in [2.75, 3.05) is 0 Å². The molecule has 2 atom stereocenters. The van der Waals surface area contributed by atoms with Crippen molar-refractivity contribution < 1.29 is 19.8 Å². The first-order chi connectivity index (χ1) is 14.0. The third-order valence-electron chi connectivity index (χ3n) is 6.15. The quantitative estimate of drug-likeness (QED) is 0.178. The Morgan fingerprint density at radius 1 is 0.586 bits per heavy atom. The standard InChI is InChI=1S/C25H48O4/c1-3-5-7-9-10-11-12-14-16-20-23(25(28)29)22(19-17-21-24(26)27)18-15-13-8-6-4-2/h22-23H,3-21H2,1-2H3,(H,26,27)(H,28,29). The van der Waals surface area contributed by atoms with Gasteiger partial charge in [-0.25, -0.2) is 0 Å². The van der Waals surface area contributed by atoms with E-state index in [4.69, 9.17) is 5.11 Å². The van der Waals surface area contributed by atoms with Gasteiger partial charge in [0.2, 0.25) is 0 Å². The molecule has 0 aliphatic carbocycles. The lowest BCUT2D eigenvalue weighted by Gasteiger charge is -2.24. The molecule has 0 aliphatic heterocycles. The number of carbonyl (C=O) groups is 2. The van der Waals surface area contributed by atoms with Crippen LogP contribution in [0.15, 0.2) is 0 Å². The van der Waals surface area contributed by atoms with Crippen molar-refractivity contribution in [1.82, 2.24) is 0 Å². The maximum absolute atomic E-state index is 11.9. The van der Waals surface area contributed by atoms with Crippen LogP contribution in [0.3, 0.4) is 0 Å². The van der Waals surface area contributed by atoms with Gasteiger partial charge in [-0.1, -0.05) is 104 Å². The van der Waals surface area contributed by atoms with E-state index >= 15 is 0 Å². The Morgan fingerprint density at radius 3 is 1.45 bits per heavy atom. The average molecular weight is 413 g/mol. The smallest absolute Gasteiger partial charge is 0.306 e. The zero-order valence-electron chi connectivity index (χ0n) is 19.3. The van der Waals surface area contributed by atoms with Crippen LogP contribution in [0, 0.1) is 11.8 Å². The van der Waals surface area contributed by atoms with Gasteiger partial charge in [-0.2, -0.15) is 0 Å². The molecule has 0 saturated heterocycles. The molecule has 0 spiro atoms. The fraction of sp³-hybridized carbons (Fsp3) is 0.920. The molecule has 0 aromatic carbocycles. The average Bonchev–Trinajstić information content (AvgIpc) is 2.68. The minimum Gasteiger partial charge on any atom is -0.481 e. The third kappa shape index (κ3) is 17.5. The van der Waals surface area contributed by atoms with Crippen LogP contribution in [0.4, 0.5) is 0 Å². The Bertz CT molecular complexity index is 394. The van der Waals surface area contributed by atoms with Gasteiger partial charge in [0.05, 0.1) is 5.92 Å². The first kappa shape index (κ1) is 27.9. The van der Waals surface area contributed by atoms with Crippen molar-refractivity contribution in [2.45, 2.75) is 136 Å². The predicted octanol–water partition coefficient (Wildman–Crippen LogP) is 7.84. The molecule has 0 heterocycles. The lowest BCUT2D eigenvalue weighted by Crippen LogP contribution is -2.24. The highest BCUT2D eigenvalue weighted by molar-refractivity contribution is 5.70. The summed E-state index contributed by atoms with van der Waals surface area (Å²) in [5.74, 6) is -1.64. The minimum absolute atomic E-state index is 0.127. The van der Waals surface area contributed by atoms with Crippen molar-refractivity contribution in [2.24, 2.45) is 11.8 Å². The fourth-order valence-electron chi connectivity index (χ4n) is 4.31. The number of carboxylic acids is 2. The first-order valence-corrected chi connectivity index (χ1v) is 12.5. The summed E-state index contributed by atoms with van der Waals surface area (Å²) in [5.41, 5.74) is 0. The minimum atomic E-state index is -0.780. The van der Waals surface area contributed by atoms with Crippen LogP contribution >= 0.6 is 0 Å². The van der Waals surface area contributed by atoms with Crippen LogP contribution in [0.5, 0.6) is 0 Å². The number of unbranched alkanes of at least 4 members (excludes halogenated alkanes) is 12. The molecule has 0 aliphatic rings. The molecule has 0 bridgehead atoms. The Hall–Kier alpha value is -1.06. The summed E-state index contributed by atoms with van der Waals surface area (Å²) in [5, 5.41) is 18.7. The van der Waals surface area contributed by atoms with Gasteiger partial charge in [-0.3, -0.25) is 9.59 Å². The summed E-state index contributed by atoms with van der Waals surface area (Å²) in [6.07, 6.45) is 20.2. The molecule has 2 N–H and O–H groups in total. The number of aliphatic carboxylic acids is 2. The van der Waals surface area contributed by atoms with Crippen LogP contribution in [0.1, 0.15) is 136 Å². The lowest BCUT2D eigenvalue weighted by atomic mass is 9.80. The van der Waals surface area contributed by atoms with Gasteiger partial charge in [0.15, 0.2) is 0 Å². The summed E-state index contributed by atoms with van der Waals surface area (Å²) in [7, 11) is 0. The summed E-state index contributed by atoms with van der Waals surface area (Å²) < 4.78 is 0. The molecule has 0 radical (unpaired) electrons. The maximum atomic E-state index is 11.9. The van der Waals surface area contributed by atoms with Crippen molar-refractivity contribution >= 4 is 11.9 Å². The summed E-state index contributed by atoms with van der Waals surface area (Å²) in [6.45, 7) is 4.43. The van der Waals surface area contributed by atoms with Crippen LogP contribution in [-0.2, 0) is 9.59 Å². The van der Waals surface area contributed by atoms with E-state index in [2.05, 4.69) is 13.8 Å². The van der Waals surface area contributed by atoms with Crippen molar-refractivity contribution in [3.63, 3.8) is 0 Å². The molecule has 0 amide bonds. The number of hydrogen-bond acceptors (Lipinski definition) is 2. The molecule has 4 nitrogen and oxygen atoms in total. The van der Waals surface area contributed by atoms with Gasteiger partial charge < -0.3 is 10.2 Å². The molecular formula is C25H48O4. The van der Waals surface area contributed by atoms with Gasteiger partial charge in [0.1, 0.15) is 0 Å². The molecule has 0 aromatic rings. The van der Waals surface area contributed by atoms with E-state index < -0.39 is 11.9 Å². The normalized spacial score (nSPS) is 13.3. The van der Waals surface area contributed by atoms with Gasteiger partial charge in [-0.15, -0.1) is 0 Å². The largest absolute Gasteiger partial charge is 0.481 e. The zero-order valence-corrected chi connectivity index (χ0v) is 19.3. The molecule has 29 heavy (non-hydrogen) atoms. The van der Waals surface area contributed by atoms with E-state index in [1.54, 1.807) is 0 Å². The molecule has 0 saturated carbocycles. The molecule has 4 heteroatoms. The van der Waals surface area contributed by atoms with Crippen LogP contribution in [0.25, 0.3) is 0 Å². The SMILES string of the molecule is CCCCCCCCCCCC(C(=O)O)C(CCCCCCC)CCCC(=O)O. The summed E-state index contributed by atoms with van der Waals surface area (Å²) >= 11 is 0. The number of carboxylic acid groups (broad SMARTS) is 2.